The topological polar surface area (TPSA) is 46.2 Å². The van der Waals surface area contributed by atoms with E-state index in [9.17, 15) is 8.42 Å². The molecule has 1 N–H and O–H groups in total. The highest BCUT2D eigenvalue weighted by atomic mass is 79.9. The number of hydrogen-bond donors (Lipinski definition) is 1. The summed E-state index contributed by atoms with van der Waals surface area (Å²) in [7, 11) is -2.85. The molecule has 0 spiro atoms. The van der Waals surface area contributed by atoms with E-state index >= 15 is 0 Å². The minimum Gasteiger partial charge on any atom is -0.311 e. The Labute approximate surface area is 109 Å². The van der Waals surface area contributed by atoms with E-state index in [-0.39, 0.29) is 11.5 Å². The van der Waals surface area contributed by atoms with E-state index < -0.39 is 9.84 Å². The van der Waals surface area contributed by atoms with Crippen molar-refractivity contribution in [2.45, 2.75) is 20.4 Å². The molecule has 0 aliphatic rings. The molecule has 6 heteroatoms. The Bertz CT molecular complexity index is 420. The van der Waals surface area contributed by atoms with Crippen LogP contribution in [0.4, 0.5) is 0 Å². The molecule has 1 aromatic rings. The minimum absolute atomic E-state index is 0.217. The molecule has 1 rings (SSSR count). The van der Waals surface area contributed by atoms with Crippen molar-refractivity contribution >= 4 is 37.1 Å². The molecule has 1 aromatic heterocycles. The van der Waals surface area contributed by atoms with E-state index in [4.69, 9.17) is 0 Å². The zero-order valence-electron chi connectivity index (χ0n) is 9.42. The molecule has 0 saturated heterocycles. The average Bonchev–Trinajstić information content (AvgIpc) is 2.54. The van der Waals surface area contributed by atoms with Gasteiger partial charge in [0.25, 0.3) is 0 Å². The van der Waals surface area contributed by atoms with Gasteiger partial charge in [0.05, 0.1) is 9.54 Å². The molecule has 0 atom stereocenters. The van der Waals surface area contributed by atoms with E-state index in [1.54, 1.807) is 18.3 Å². The zero-order chi connectivity index (χ0) is 12.2. The van der Waals surface area contributed by atoms with Crippen molar-refractivity contribution in [3.63, 3.8) is 0 Å². The predicted octanol–water partition coefficient (Wildman–Crippen LogP) is 2.34. The molecule has 0 amide bonds. The average molecular weight is 326 g/mol. The third kappa shape index (κ3) is 4.53. The molecule has 0 aliphatic carbocycles. The van der Waals surface area contributed by atoms with Crippen molar-refractivity contribution in [3.8, 4) is 0 Å². The summed E-state index contributed by atoms with van der Waals surface area (Å²) in [6, 6.07) is 2.11. The molecule has 92 valence electrons. The van der Waals surface area contributed by atoms with Gasteiger partial charge < -0.3 is 5.32 Å². The summed E-state index contributed by atoms with van der Waals surface area (Å²) < 4.78 is 23.6. The van der Waals surface area contributed by atoms with Gasteiger partial charge in [0.15, 0.2) is 9.84 Å². The van der Waals surface area contributed by atoms with Gasteiger partial charge in [-0.1, -0.05) is 6.92 Å². The summed E-state index contributed by atoms with van der Waals surface area (Å²) in [5.41, 5.74) is 1.22. The normalized spacial score (nSPS) is 11.9. The first kappa shape index (κ1) is 14.2. The fraction of sp³-hybridized carbons (Fsp3) is 0.600. The molecule has 16 heavy (non-hydrogen) atoms. The van der Waals surface area contributed by atoms with Gasteiger partial charge in [0, 0.05) is 23.7 Å². The van der Waals surface area contributed by atoms with Crippen LogP contribution in [0.15, 0.2) is 9.85 Å². The summed E-state index contributed by atoms with van der Waals surface area (Å²) in [4.78, 5) is 1.22. The Kier molecular flexibility index (Phi) is 5.43. The van der Waals surface area contributed by atoms with Crippen molar-refractivity contribution in [2.24, 2.45) is 0 Å². The molecule has 1 heterocycles. The second kappa shape index (κ2) is 6.14. The number of sulfone groups is 1. The quantitative estimate of drug-likeness (QED) is 0.816. The molecule has 0 fully saturated rings. The third-order valence-corrected chi connectivity index (χ3v) is 6.08. The van der Waals surface area contributed by atoms with Gasteiger partial charge >= 0.3 is 0 Å². The van der Waals surface area contributed by atoms with Crippen LogP contribution >= 0.6 is 27.3 Å². The Morgan fingerprint density at radius 2 is 2.19 bits per heavy atom. The van der Waals surface area contributed by atoms with Gasteiger partial charge in [-0.15, -0.1) is 11.3 Å². The van der Waals surface area contributed by atoms with Crippen LogP contribution in [0.5, 0.6) is 0 Å². The molecule has 0 aliphatic heterocycles. The second-order valence-corrected chi connectivity index (χ2v) is 8.51. The van der Waals surface area contributed by atoms with Crippen molar-refractivity contribution in [2.75, 3.05) is 18.1 Å². The maximum atomic E-state index is 11.2. The van der Waals surface area contributed by atoms with Crippen LogP contribution in [0.3, 0.4) is 0 Å². The minimum atomic E-state index is -2.85. The van der Waals surface area contributed by atoms with Crippen molar-refractivity contribution in [1.29, 1.82) is 0 Å². The van der Waals surface area contributed by atoms with Crippen molar-refractivity contribution < 1.29 is 8.42 Å². The maximum absolute atomic E-state index is 11.2. The first-order chi connectivity index (χ1) is 7.44. The highest BCUT2D eigenvalue weighted by Gasteiger charge is 2.07. The Morgan fingerprint density at radius 1 is 1.50 bits per heavy atom. The van der Waals surface area contributed by atoms with Gasteiger partial charge in [-0.25, -0.2) is 8.42 Å². The van der Waals surface area contributed by atoms with E-state index in [2.05, 4.69) is 27.3 Å². The molecule has 3 nitrogen and oxygen atoms in total. The molecular formula is C10H16BrNO2S2. The summed E-state index contributed by atoms with van der Waals surface area (Å²) in [6.07, 6.45) is 0. The Morgan fingerprint density at radius 3 is 2.69 bits per heavy atom. The van der Waals surface area contributed by atoms with Crippen molar-refractivity contribution in [3.05, 3.63) is 20.3 Å². The summed E-state index contributed by atoms with van der Waals surface area (Å²) in [5.74, 6) is 0.438. The van der Waals surface area contributed by atoms with Crippen LogP contribution in [-0.4, -0.2) is 26.5 Å². The lowest BCUT2D eigenvalue weighted by molar-refractivity contribution is 0.592. The molecular weight excluding hydrogens is 310 g/mol. The van der Waals surface area contributed by atoms with Crippen LogP contribution in [0.25, 0.3) is 0 Å². The largest absolute Gasteiger partial charge is 0.311 e. The fourth-order valence-corrected chi connectivity index (χ4v) is 3.54. The van der Waals surface area contributed by atoms with E-state index in [0.29, 0.717) is 6.54 Å². The number of halogens is 1. The van der Waals surface area contributed by atoms with Gasteiger partial charge in [0.1, 0.15) is 0 Å². The molecule has 0 aromatic carbocycles. The lowest BCUT2D eigenvalue weighted by atomic mass is 10.3. The maximum Gasteiger partial charge on any atom is 0.151 e. The first-order valence-corrected chi connectivity index (χ1v) is 8.53. The highest BCUT2D eigenvalue weighted by molar-refractivity contribution is 9.11. The lowest BCUT2D eigenvalue weighted by Crippen LogP contribution is -2.23. The van der Waals surface area contributed by atoms with E-state index in [1.807, 2.05) is 6.92 Å². The standard InChI is InChI=1S/C10H16BrNO2S2/c1-3-16(13,14)5-4-12-7-9-6-8(2)10(11)15-9/h6,12H,3-5,7H2,1-2H3. The second-order valence-electron chi connectivity index (χ2n) is 3.58. The monoisotopic (exact) mass is 325 g/mol. The third-order valence-electron chi connectivity index (χ3n) is 2.24. The fourth-order valence-electron chi connectivity index (χ4n) is 1.19. The number of aryl methyl sites for hydroxylation is 1. The van der Waals surface area contributed by atoms with Crippen LogP contribution in [0.1, 0.15) is 17.4 Å². The van der Waals surface area contributed by atoms with Crippen LogP contribution < -0.4 is 5.32 Å². The van der Waals surface area contributed by atoms with E-state index in [1.165, 1.54) is 10.4 Å². The first-order valence-electron chi connectivity index (χ1n) is 5.10. The summed E-state index contributed by atoms with van der Waals surface area (Å²) in [5, 5.41) is 3.14. The highest BCUT2D eigenvalue weighted by Crippen LogP contribution is 2.26. The molecule has 0 bridgehead atoms. The van der Waals surface area contributed by atoms with Crippen LogP contribution in [0, 0.1) is 6.92 Å². The van der Waals surface area contributed by atoms with Crippen LogP contribution in [-0.2, 0) is 16.4 Å². The SMILES string of the molecule is CCS(=O)(=O)CCNCc1cc(C)c(Br)s1. The Balaban J connectivity index is 2.31. The summed E-state index contributed by atoms with van der Waals surface area (Å²) >= 11 is 5.15. The number of rotatable bonds is 6. The number of hydrogen-bond acceptors (Lipinski definition) is 4. The molecule has 0 saturated carbocycles. The zero-order valence-corrected chi connectivity index (χ0v) is 12.6. The van der Waals surface area contributed by atoms with Gasteiger partial charge in [-0.05, 0) is 34.5 Å². The van der Waals surface area contributed by atoms with Crippen molar-refractivity contribution in [1.82, 2.24) is 5.32 Å². The van der Waals surface area contributed by atoms with Gasteiger partial charge in [0.2, 0.25) is 0 Å². The van der Waals surface area contributed by atoms with Gasteiger partial charge in [-0.3, -0.25) is 0 Å². The number of thiophene rings is 1. The smallest absolute Gasteiger partial charge is 0.151 e. The Hall–Kier alpha value is 0.0900. The summed E-state index contributed by atoms with van der Waals surface area (Å²) in [6.45, 7) is 4.97. The number of nitrogens with one attached hydrogen (secondary N) is 1. The lowest BCUT2D eigenvalue weighted by Gasteiger charge is -2.02. The predicted molar refractivity (Wildman–Crippen MR) is 72.8 cm³/mol. The van der Waals surface area contributed by atoms with Crippen LogP contribution in [0.2, 0.25) is 0 Å². The van der Waals surface area contributed by atoms with Gasteiger partial charge in [-0.2, -0.15) is 0 Å². The molecule has 0 unspecified atom stereocenters. The molecule has 0 radical (unpaired) electrons. The van der Waals surface area contributed by atoms with E-state index in [0.717, 1.165) is 10.3 Å².